The number of benzene rings is 1. The SMILES string of the molecule is COc1cc(Cl)cc(S(N)(=O)=O)c1OC. The van der Waals surface area contributed by atoms with Gasteiger partial charge in [-0.05, 0) is 6.07 Å². The molecule has 1 aromatic carbocycles. The van der Waals surface area contributed by atoms with Crippen molar-refractivity contribution in [1.82, 2.24) is 0 Å². The van der Waals surface area contributed by atoms with Crippen LogP contribution in [0.1, 0.15) is 0 Å². The standard InChI is InChI=1S/C8H10ClNO4S/c1-13-6-3-5(9)4-7(8(6)14-2)15(10,11)12/h3-4H,1-2H3,(H2,10,11,12). The Kier molecular flexibility index (Phi) is 3.43. The second-order valence-electron chi connectivity index (χ2n) is 2.68. The van der Waals surface area contributed by atoms with Crippen molar-refractivity contribution in [2.75, 3.05) is 14.2 Å². The summed E-state index contributed by atoms with van der Waals surface area (Å²) in [5.41, 5.74) is 0. The molecule has 5 nitrogen and oxygen atoms in total. The molecule has 0 aromatic heterocycles. The molecule has 0 bridgehead atoms. The van der Waals surface area contributed by atoms with Crippen LogP contribution in [0, 0.1) is 0 Å². The summed E-state index contributed by atoms with van der Waals surface area (Å²) in [5, 5.41) is 5.21. The van der Waals surface area contributed by atoms with Gasteiger partial charge in [-0.2, -0.15) is 0 Å². The largest absolute Gasteiger partial charge is 0.493 e. The number of sulfonamides is 1. The van der Waals surface area contributed by atoms with Gasteiger partial charge in [0.2, 0.25) is 10.0 Å². The fraction of sp³-hybridized carbons (Fsp3) is 0.250. The fourth-order valence-electron chi connectivity index (χ4n) is 1.11. The van der Waals surface area contributed by atoms with Crippen molar-refractivity contribution in [3.63, 3.8) is 0 Å². The zero-order valence-electron chi connectivity index (χ0n) is 8.15. The zero-order chi connectivity index (χ0) is 11.6. The number of rotatable bonds is 3. The highest BCUT2D eigenvalue weighted by Gasteiger charge is 2.20. The van der Waals surface area contributed by atoms with E-state index < -0.39 is 10.0 Å². The monoisotopic (exact) mass is 251 g/mol. The molecule has 0 aliphatic rings. The number of hydrogen-bond donors (Lipinski definition) is 1. The first kappa shape index (κ1) is 12.1. The Bertz CT molecular complexity index is 472. The Morgan fingerprint density at radius 1 is 1.27 bits per heavy atom. The highest BCUT2D eigenvalue weighted by atomic mass is 35.5. The van der Waals surface area contributed by atoms with E-state index in [1.807, 2.05) is 0 Å². The quantitative estimate of drug-likeness (QED) is 0.869. The van der Waals surface area contributed by atoms with Crippen molar-refractivity contribution >= 4 is 21.6 Å². The third-order valence-corrected chi connectivity index (χ3v) is 2.85. The van der Waals surface area contributed by atoms with Gasteiger partial charge in [-0.3, -0.25) is 0 Å². The zero-order valence-corrected chi connectivity index (χ0v) is 9.72. The molecule has 0 heterocycles. The molecule has 1 aromatic rings. The molecule has 0 spiro atoms. The van der Waals surface area contributed by atoms with E-state index >= 15 is 0 Å². The molecule has 84 valence electrons. The molecule has 0 unspecified atom stereocenters. The molecule has 0 atom stereocenters. The maximum atomic E-state index is 11.2. The van der Waals surface area contributed by atoms with Crippen molar-refractivity contribution in [3.05, 3.63) is 17.2 Å². The van der Waals surface area contributed by atoms with Gasteiger partial charge in [0.1, 0.15) is 4.90 Å². The minimum Gasteiger partial charge on any atom is -0.493 e. The lowest BCUT2D eigenvalue weighted by atomic mass is 10.3. The van der Waals surface area contributed by atoms with E-state index in [-0.39, 0.29) is 21.4 Å². The van der Waals surface area contributed by atoms with E-state index in [2.05, 4.69) is 0 Å². The molecule has 0 amide bonds. The lowest BCUT2D eigenvalue weighted by Gasteiger charge is -2.11. The maximum absolute atomic E-state index is 11.2. The Balaban J connectivity index is 3.57. The number of nitrogens with two attached hydrogens (primary N) is 1. The van der Waals surface area contributed by atoms with Crippen LogP contribution < -0.4 is 14.6 Å². The van der Waals surface area contributed by atoms with Gasteiger partial charge in [-0.25, -0.2) is 13.6 Å². The first-order valence-electron chi connectivity index (χ1n) is 3.84. The summed E-state index contributed by atoms with van der Waals surface area (Å²) in [4.78, 5) is -0.200. The number of halogens is 1. The second kappa shape index (κ2) is 4.26. The lowest BCUT2D eigenvalue weighted by molar-refractivity contribution is 0.347. The Morgan fingerprint density at radius 3 is 2.27 bits per heavy atom. The third kappa shape index (κ3) is 2.53. The predicted octanol–water partition coefficient (Wildman–Crippen LogP) is 1.00. The van der Waals surface area contributed by atoms with Crippen molar-refractivity contribution in [3.8, 4) is 11.5 Å². The van der Waals surface area contributed by atoms with Gasteiger partial charge in [0.05, 0.1) is 14.2 Å². The van der Waals surface area contributed by atoms with Gasteiger partial charge >= 0.3 is 0 Å². The smallest absolute Gasteiger partial charge is 0.241 e. The minimum atomic E-state index is -3.89. The average molecular weight is 252 g/mol. The molecule has 0 fully saturated rings. The topological polar surface area (TPSA) is 78.6 Å². The predicted molar refractivity (Wildman–Crippen MR) is 55.9 cm³/mol. The van der Waals surface area contributed by atoms with Crippen molar-refractivity contribution in [2.45, 2.75) is 4.90 Å². The molecular formula is C8H10ClNO4S. The summed E-state index contributed by atoms with van der Waals surface area (Å²) < 4.78 is 32.3. The van der Waals surface area contributed by atoms with Gasteiger partial charge in [-0.15, -0.1) is 0 Å². The minimum absolute atomic E-state index is 0.0457. The maximum Gasteiger partial charge on any atom is 0.241 e. The van der Waals surface area contributed by atoms with Crippen LogP contribution in [0.4, 0.5) is 0 Å². The van der Waals surface area contributed by atoms with Crippen molar-refractivity contribution in [1.29, 1.82) is 0 Å². The van der Waals surface area contributed by atoms with Crippen LogP contribution >= 0.6 is 11.6 Å². The number of ether oxygens (including phenoxy) is 2. The van der Waals surface area contributed by atoms with Crippen LogP contribution in [-0.2, 0) is 10.0 Å². The fourth-order valence-corrected chi connectivity index (χ4v) is 2.12. The van der Waals surface area contributed by atoms with E-state index in [1.165, 1.54) is 26.4 Å². The van der Waals surface area contributed by atoms with Gasteiger partial charge in [-0.1, -0.05) is 11.6 Å². The van der Waals surface area contributed by atoms with Crippen LogP contribution in [0.5, 0.6) is 11.5 Å². The first-order chi connectivity index (χ1) is 6.90. The van der Waals surface area contributed by atoms with E-state index in [9.17, 15) is 8.42 Å². The van der Waals surface area contributed by atoms with Crippen LogP contribution in [0.2, 0.25) is 5.02 Å². The summed E-state index contributed by atoms with van der Waals surface area (Å²) in [6.07, 6.45) is 0. The molecule has 15 heavy (non-hydrogen) atoms. The number of methoxy groups -OCH3 is 2. The number of hydrogen-bond acceptors (Lipinski definition) is 4. The van der Waals surface area contributed by atoms with Gasteiger partial charge in [0, 0.05) is 11.1 Å². The Hall–Kier alpha value is -0.980. The summed E-state index contributed by atoms with van der Waals surface area (Å²) >= 11 is 5.71. The van der Waals surface area contributed by atoms with E-state index in [0.29, 0.717) is 0 Å². The van der Waals surface area contributed by atoms with Crippen LogP contribution in [0.15, 0.2) is 17.0 Å². The molecule has 0 aliphatic carbocycles. The number of primary sulfonamides is 1. The summed E-state index contributed by atoms with van der Waals surface area (Å²) in [6, 6.07) is 2.65. The van der Waals surface area contributed by atoms with E-state index in [1.54, 1.807) is 0 Å². The van der Waals surface area contributed by atoms with Crippen LogP contribution in [0.25, 0.3) is 0 Å². The summed E-state index contributed by atoms with van der Waals surface area (Å²) in [5.74, 6) is 0.262. The van der Waals surface area contributed by atoms with Crippen LogP contribution in [0.3, 0.4) is 0 Å². The van der Waals surface area contributed by atoms with Gasteiger partial charge < -0.3 is 9.47 Å². The molecule has 7 heteroatoms. The lowest BCUT2D eigenvalue weighted by Crippen LogP contribution is -2.14. The van der Waals surface area contributed by atoms with Crippen molar-refractivity contribution < 1.29 is 17.9 Å². The third-order valence-electron chi connectivity index (χ3n) is 1.72. The van der Waals surface area contributed by atoms with Gasteiger partial charge in [0.15, 0.2) is 11.5 Å². The molecular weight excluding hydrogens is 242 g/mol. The van der Waals surface area contributed by atoms with E-state index in [4.69, 9.17) is 26.2 Å². The first-order valence-corrected chi connectivity index (χ1v) is 5.77. The second-order valence-corrected chi connectivity index (χ2v) is 4.65. The van der Waals surface area contributed by atoms with Crippen LogP contribution in [-0.4, -0.2) is 22.6 Å². The Morgan fingerprint density at radius 2 is 1.87 bits per heavy atom. The molecule has 0 aliphatic heterocycles. The summed E-state index contributed by atoms with van der Waals surface area (Å²) in [6.45, 7) is 0. The van der Waals surface area contributed by atoms with Crippen molar-refractivity contribution in [2.24, 2.45) is 5.14 Å². The normalized spacial score (nSPS) is 11.2. The average Bonchev–Trinajstić information content (AvgIpc) is 2.15. The molecule has 0 saturated carbocycles. The van der Waals surface area contributed by atoms with Gasteiger partial charge in [0.25, 0.3) is 0 Å². The molecule has 2 N–H and O–H groups in total. The molecule has 0 radical (unpaired) electrons. The highest BCUT2D eigenvalue weighted by molar-refractivity contribution is 7.89. The van der Waals surface area contributed by atoms with E-state index in [0.717, 1.165) is 0 Å². The highest BCUT2D eigenvalue weighted by Crippen LogP contribution is 2.36. The Labute approximate surface area is 92.8 Å². The molecule has 1 rings (SSSR count). The molecule has 0 saturated heterocycles. The summed E-state index contributed by atoms with van der Waals surface area (Å²) in [7, 11) is -1.19.